The molecule has 5 heteroatoms. The largest absolute Gasteiger partial charge is 0.379 e. The number of benzene rings is 1. The van der Waals surface area contributed by atoms with Crippen LogP contribution in [-0.2, 0) is 4.74 Å². The van der Waals surface area contributed by atoms with E-state index in [2.05, 4.69) is 9.80 Å². The zero-order valence-corrected chi connectivity index (χ0v) is 11.4. The van der Waals surface area contributed by atoms with Crippen LogP contribution in [0.1, 0.15) is 0 Å². The average Bonchev–Trinajstić information content (AvgIpc) is 2.46. The van der Waals surface area contributed by atoms with Gasteiger partial charge in [-0.1, -0.05) is 0 Å². The van der Waals surface area contributed by atoms with E-state index in [1.807, 2.05) is 12.1 Å². The van der Waals surface area contributed by atoms with Gasteiger partial charge < -0.3 is 15.4 Å². The van der Waals surface area contributed by atoms with E-state index in [1.165, 1.54) is 12.1 Å². The lowest BCUT2D eigenvalue weighted by Gasteiger charge is -2.37. The second-order valence-corrected chi connectivity index (χ2v) is 4.86. The van der Waals surface area contributed by atoms with Crippen LogP contribution >= 0.6 is 0 Å². The number of piperazine rings is 1. The Balaban J connectivity index is 1.83. The molecule has 1 heterocycles. The van der Waals surface area contributed by atoms with E-state index in [0.29, 0.717) is 6.54 Å². The van der Waals surface area contributed by atoms with Crippen LogP contribution in [0.4, 0.5) is 10.1 Å². The molecule has 0 aromatic heterocycles. The number of methoxy groups -OCH3 is 1. The summed E-state index contributed by atoms with van der Waals surface area (Å²) in [5.41, 5.74) is 6.72. The van der Waals surface area contributed by atoms with Crippen LogP contribution < -0.4 is 10.6 Å². The fourth-order valence-electron chi connectivity index (χ4n) is 2.37. The third-order valence-corrected chi connectivity index (χ3v) is 3.62. The molecule has 1 saturated heterocycles. The molecule has 106 valence electrons. The predicted molar refractivity (Wildman–Crippen MR) is 74.9 cm³/mol. The lowest BCUT2D eigenvalue weighted by Crippen LogP contribution is -2.49. The first kappa shape index (κ1) is 14.2. The number of nitrogens with zero attached hydrogens (tertiary/aromatic N) is 2. The summed E-state index contributed by atoms with van der Waals surface area (Å²) >= 11 is 0. The summed E-state index contributed by atoms with van der Waals surface area (Å²) in [5, 5.41) is 0. The number of hydrogen-bond donors (Lipinski definition) is 1. The Morgan fingerprint density at radius 2 is 1.84 bits per heavy atom. The molecule has 19 heavy (non-hydrogen) atoms. The molecule has 1 unspecified atom stereocenters. The Morgan fingerprint density at radius 3 is 2.37 bits per heavy atom. The second kappa shape index (κ2) is 6.84. The van der Waals surface area contributed by atoms with Crippen molar-refractivity contribution in [3.05, 3.63) is 30.1 Å². The Bertz CT molecular complexity index is 373. The quantitative estimate of drug-likeness (QED) is 0.861. The summed E-state index contributed by atoms with van der Waals surface area (Å²) < 4.78 is 18.2. The average molecular weight is 267 g/mol. The minimum Gasteiger partial charge on any atom is -0.379 e. The number of hydrogen-bond acceptors (Lipinski definition) is 4. The summed E-state index contributed by atoms with van der Waals surface area (Å²) in [6, 6.07) is 6.69. The number of rotatable bonds is 5. The van der Waals surface area contributed by atoms with E-state index in [9.17, 15) is 4.39 Å². The monoisotopic (exact) mass is 267 g/mol. The topological polar surface area (TPSA) is 41.7 Å². The van der Waals surface area contributed by atoms with Gasteiger partial charge in [-0.15, -0.1) is 0 Å². The fourth-order valence-corrected chi connectivity index (χ4v) is 2.37. The Labute approximate surface area is 113 Å². The van der Waals surface area contributed by atoms with Crippen molar-refractivity contribution in [2.45, 2.75) is 6.10 Å². The number of anilines is 1. The van der Waals surface area contributed by atoms with E-state index >= 15 is 0 Å². The van der Waals surface area contributed by atoms with Crippen molar-refractivity contribution < 1.29 is 9.13 Å². The van der Waals surface area contributed by atoms with Gasteiger partial charge in [-0.05, 0) is 24.3 Å². The Kier molecular flexibility index (Phi) is 5.13. The van der Waals surface area contributed by atoms with Gasteiger partial charge in [-0.3, -0.25) is 4.90 Å². The van der Waals surface area contributed by atoms with Crippen LogP contribution in [0, 0.1) is 5.82 Å². The molecule has 1 aliphatic heterocycles. The molecule has 0 spiro atoms. The van der Waals surface area contributed by atoms with E-state index in [0.717, 1.165) is 38.4 Å². The Morgan fingerprint density at radius 1 is 1.21 bits per heavy atom. The van der Waals surface area contributed by atoms with Crippen LogP contribution in [0.3, 0.4) is 0 Å². The zero-order chi connectivity index (χ0) is 13.7. The summed E-state index contributed by atoms with van der Waals surface area (Å²) in [6.07, 6.45) is 0.109. The van der Waals surface area contributed by atoms with Crippen molar-refractivity contribution in [2.75, 3.05) is 51.3 Å². The summed E-state index contributed by atoms with van der Waals surface area (Å²) in [6.45, 7) is 5.30. The molecule has 0 saturated carbocycles. The van der Waals surface area contributed by atoms with Crippen molar-refractivity contribution in [1.29, 1.82) is 0 Å². The standard InChI is InChI=1S/C14H22FN3O/c1-19-14(10-16)11-17-6-8-18(9-7-17)13-4-2-12(15)3-5-13/h2-5,14H,6-11,16H2,1H3. The number of ether oxygens (including phenoxy) is 1. The minimum atomic E-state index is -0.187. The van der Waals surface area contributed by atoms with Gasteiger partial charge in [-0.25, -0.2) is 4.39 Å². The van der Waals surface area contributed by atoms with Crippen molar-refractivity contribution in [3.63, 3.8) is 0 Å². The lowest BCUT2D eigenvalue weighted by molar-refractivity contribution is 0.0679. The van der Waals surface area contributed by atoms with Gasteiger partial charge >= 0.3 is 0 Å². The van der Waals surface area contributed by atoms with Gasteiger partial charge in [0.25, 0.3) is 0 Å². The highest BCUT2D eigenvalue weighted by Crippen LogP contribution is 2.17. The van der Waals surface area contributed by atoms with E-state index in [4.69, 9.17) is 10.5 Å². The maximum Gasteiger partial charge on any atom is 0.123 e. The highest BCUT2D eigenvalue weighted by atomic mass is 19.1. The number of halogens is 1. The molecule has 0 amide bonds. The van der Waals surface area contributed by atoms with Gasteiger partial charge in [-0.2, -0.15) is 0 Å². The third kappa shape index (κ3) is 3.89. The molecule has 1 atom stereocenters. The molecule has 0 bridgehead atoms. The van der Waals surface area contributed by atoms with Gasteiger partial charge in [0.15, 0.2) is 0 Å². The van der Waals surface area contributed by atoms with E-state index in [-0.39, 0.29) is 11.9 Å². The van der Waals surface area contributed by atoms with Gasteiger partial charge in [0.2, 0.25) is 0 Å². The first-order chi connectivity index (χ1) is 9.22. The fraction of sp³-hybridized carbons (Fsp3) is 0.571. The molecule has 1 aliphatic rings. The summed E-state index contributed by atoms with van der Waals surface area (Å²) in [5.74, 6) is -0.187. The van der Waals surface area contributed by atoms with Crippen molar-refractivity contribution >= 4 is 5.69 Å². The summed E-state index contributed by atoms with van der Waals surface area (Å²) in [7, 11) is 1.70. The van der Waals surface area contributed by atoms with Crippen molar-refractivity contribution in [3.8, 4) is 0 Å². The lowest BCUT2D eigenvalue weighted by atomic mass is 10.2. The Hall–Kier alpha value is -1.17. The molecular formula is C14H22FN3O. The van der Waals surface area contributed by atoms with Gasteiger partial charge in [0, 0.05) is 52.1 Å². The maximum absolute atomic E-state index is 12.9. The van der Waals surface area contributed by atoms with Gasteiger partial charge in [0.1, 0.15) is 5.82 Å². The molecule has 1 aromatic carbocycles. The molecule has 0 aliphatic carbocycles. The van der Waals surface area contributed by atoms with Crippen LogP contribution in [0.5, 0.6) is 0 Å². The summed E-state index contributed by atoms with van der Waals surface area (Å²) in [4.78, 5) is 4.64. The molecule has 2 N–H and O–H groups in total. The number of nitrogens with two attached hydrogens (primary N) is 1. The van der Waals surface area contributed by atoms with Crippen LogP contribution in [0.15, 0.2) is 24.3 Å². The molecule has 4 nitrogen and oxygen atoms in total. The predicted octanol–water partition coefficient (Wildman–Crippen LogP) is 0.921. The van der Waals surface area contributed by atoms with Crippen molar-refractivity contribution in [2.24, 2.45) is 5.73 Å². The molecule has 1 aromatic rings. The first-order valence-electron chi connectivity index (χ1n) is 6.68. The maximum atomic E-state index is 12.9. The molecule has 0 radical (unpaired) electrons. The molecular weight excluding hydrogens is 245 g/mol. The third-order valence-electron chi connectivity index (χ3n) is 3.62. The van der Waals surface area contributed by atoms with Crippen LogP contribution in [0.2, 0.25) is 0 Å². The SMILES string of the molecule is COC(CN)CN1CCN(c2ccc(F)cc2)CC1. The van der Waals surface area contributed by atoms with Gasteiger partial charge in [0.05, 0.1) is 6.10 Å². The molecule has 2 rings (SSSR count). The zero-order valence-electron chi connectivity index (χ0n) is 11.4. The van der Waals surface area contributed by atoms with E-state index < -0.39 is 0 Å². The van der Waals surface area contributed by atoms with Crippen LogP contribution in [-0.4, -0.2) is 57.4 Å². The van der Waals surface area contributed by atoms with Crippen molar-refractivity contribution in [1.82, 2.24) is 4.90 Å². The van der Waals surface area contributed by atoms with Crippen LogP contribution in [0.25, 0.3) is 0 Å². The minimum absolute atomic E-state index is 0.109. The molecule has 1 fully saturated rings. The van der Waals surface area contributed by atoms with E-state index in [1.54, 1.807) is 7.11 Å². The highest BCUT2D eigenvalue weighted by Gasteiger charge is 2.19. The highest BCUT2D eigenvalue weighted by molar-refractivity contribution is 5.46. The normalized spacial score (nSPS) is 18.6. The second-order valence-electron chi connectivity index (χ2n) is 4.86. The first-order valence-corrected chi connectivity index (χ1v) is 6.68. The smallest absolute Gasteiger partial charge is 0.123 e.